The van der Waals surface area contributed by atoms with E-state index in [1.165, 1.54) is 0 Å². The van der Waals surface area contributed by atoms with E-state index in [0.29, 0.717) is 6.42 Å². The molecule has 0 saturated carbocycles. The highest BCUT2D eigenvalue weighted by atomic mass is 16.5. The lowest BCUT2D eigenvalue weighted by molar-refractivity contribution is 0.177. The van der Waals surface area contributed by atoms with Gasteiger partial charge in [0.1, 0.15) is 5.75 Å². The van der Waals surface area contributed by atoms with Gasteiger partial charge in [0.05, 0.1) is 13.2 Å². The molecular weight excluding hydrogens is 212 g/mol. The number of aliphatic hydroxyl groups is 1. The molecule has 2 heteroatoms. The van der Waals surface area contributed by atoms with Gasteiger partial charge in [-0.2, -0.15) is 0 Å². The summed E-state index contributed by atoms with van der Waals surface area (Å²) in [6.07, 6.45) is 0.0366. The molecule has 1 radical (unpaired) electrons. The summed E-state index contributed by atoms with van der Waals surface area (Å²) in [5, 5.41) is 10.1. The first-order valence-electron chi connectivity index (χ1n) is 5.57. The summed E-state index contributed by atoms with van der Waals surface area (Å²) in [5.41, 5.74) is 1.91. The first-order chi connectivity index (χ1) is 8.31. The largest absolute Gasteiger partial charge is 0.496 e. The van der Waals surface area contributed by atoms with Crippen LogP contribution in [-0.2, 0) is 6.42 Å². The minimum Gasteiger partial charge on any atom is -0.496 e. The van der Waals surface area contributed by atoms with Gasteiger partial charge >= 0.3 is 0 Å². The Morgan fingerprint density at radius 2 is 2.00 bits per heavy atom. The molecule has 2 nitrogen and oxygen atoms in total. The molecule has 2 aromatic carbocycles. The monoisotopic (exact) mass is 227 g/mol. The highest BCUT2D eigenvalue weighted by Gasteiger charge is 2.10. The molecule has 0 aliphatic carbocycles. The second-order valence-corrected chi connectivity index (χ2v) is 3.87. The molecule has 0 spiro atoms. The van der Waals surface area contributed by atoms with Crippen LogP contribution in [0.25, 0.3) is 0 Å². The smallest absolute Gasteiger partial charge is 0.122 e. The van der Waals surface area contributed by atoms with Crippen LogP contribution in [0.3, 0.4) is 0 Å². The van der Waals surface area contributed by atoms with E-state index in [-0.39, 0.29) is 0 Å². The maximum Gasteiger partial charge on any atom is 0.122 e. The zero-order chi connectivity index (χ0) is 12.1. The number of methoxy groups -OCH3 is 1. The number of aliphatic hydroxyl groups excluding tert-OH is 1. The van der Waals surface area contributed by atoms with Crippen molar-refractivity contribution in [3.63, 3.8) is 0 Å². The molecule has 17 heavy (non-hydrogen) atoms. The fraction of sp³-hybridized carbons (Fsp3) is 0.200. The van der Waals surface area contributed by atoms with E-state index in [1.54, 1.807) is 13.2 Å². The lowest BCUT2D eigenvalue weighted by atomic mass is 10.0. The maximum atomic E-state index is 10.1. The van der Waals surface area contributed by atoms with Gasteiger partial charge in [0.2, 0.25) is 0 Å². The molecule has 87 valence electrons. The Labute approximate surface area is 101 Å². The lowest BCUT2D eigenvalue weighted by Crippen LogP contribution is -2.03. The first-order valence-corrected chi connectivity index (χ1v) is 5.57. The van der Waals surface area contributed by atoms with Crippen molar-refractivity contribution in [2.75, 3.05) is 7.11 Å². The van der Waals surface area contributed by atoms with Crippen LogP contribution < -0.4 is 4.74 Å². The fourth-order valence-corrected chi connectivity index (χ4v) is 1.81. The van der Waals surface area contributed by atoms with E-state index in [9.17, 15) is 5.11 Å². The van der Waals surface area contributed by atoms with Gasteiger partial charge in [-0.15, -0.1) is 0 Å². The normalized spacial score (nSPS) is 12.1. The quantitative estimate of drug-likeness (QED) is 0.870. The van der Waals surface area contributed by atoms with E-state index < -0.39 is 6.10 Å². The Balaban J connectivity index is 2.16. The molecular formula is C15H15O2. The van der Waals surface area contributed by atoms with Crippen molar-refractivity contribution < 1.29 is 9.84 Å². The second-order valence-electron chi connectivity index (χ2n) is 3.87. The summed E-state index contributed by atoms with van der Waals surface area (Å²) in [6.45, 7) is 0. The van der Waals surface area contributed by atoms with E-state index >= 15 is 0 Å². The summed E-state index contributed by atoms with van der Waals surface area (Å²) in [7, 11) is 1.63. The van der Waals surface area contributed by atoms with Crippen LogP contribution >= 0.6 is 0 Å². The SMILES string of the molecule is COc1c[c]ccc1CC(O)c1ccccc1. The van der Waals surface area contributed by atoms with Crippen molar-refractivity contribution in [2.45, 2.75) is 12.5 Å². The first kappa shape index (κ1) is 11.7. The van der Waals surface area contributed by atoms with Crippen LogP contribution in [0.5, 0.6) is 5.75 Å². The molecule has 1 N–H and O–H groups in total. The zero-order valence-electron chi connectivity index (χ0n) is 9.76. The van der Waals surface area contributed by atoms with Gasteiger partial charge < -0.3 is 9.84 Å². The molecule has 0 saturated heterocycles. The van der Waals surface area contributed by atoms with Crippen molar-refractivity contribution >= 4 is 0 Å². The Hall–Kier alpha value is -1.80. The number of hydrogen-bond donors (Lipinski definition) is 1. The summed E-state index contributed by atoms with van der Waals surface area (Å²) in [5.74, 6) is 0.766. The van der Waals surface area contributed by atoms with Gasteiger partial charge in [0.15, 0.2) is 0 Å². The molecule has 1 atom stereocenters. The molecule has 0 bridgehead atoms. The third-order valence-electron chi connectivity index (χ3n) is 2.73. The van der Waals surface area contributed by atoms with Crippen LogP contribution in [0.4, 0.5) is 0 Å². The summed E-state index contributed by atoms with van der Waals surface area (Å²) in [4.78, 5) is 0. The van der Waals surface area contributed by atoms with Gasteiger partial charge in [-0.05, 0) is 23.3 Å². The third kappa shape index (κ3) is 2.86. The topological polar surface area (TPSA) is 29.5 Å². The van der Waals surface area contributed by atoms with Crippen LogP contribution in [0, 0.1) is 6.07 Å². The molecule has 1 unspecified atom stereocenters. The van der Waals surface area contributed by atoms with Crippen LogP contribution in [0.1, 0.15) is 17.2 Å². The van der Waals surface area contributed by atoms with Gasteiger partial charge in [-0.3, -0.25) is 0 Å². The van der Waals surface area contributed by atoms with Crippen molar-refractivity contribution in [1.29, 1.82) is 0 Å². The minimum absolute atomic E-state index is 0.507. The number of rotatable bonds is 4. The van der Waals surface area contributed by atoms with Crippen LogP contribution in [-0.4, -0.2) is 12.2 Å². The summed E-state index contributed by atoms with van der Waals surface area (Å²) < 4.78 is 5.24. The molecule has 2 rings (SSSR count). The Morgan fingerprint density at radius 3 is 2.71 bits per heavy atom. The van der Waals surface area contributed by atoms with Crippen molar-refractivity contribution in [2.24, 2.45) is 0 Å². The molecule has 0 heterocycles. The predicted octanol–water partition coefficient (Wildman–Crippen LogP) is 2.77. The van der Waals surface area contributed by atoms with Gasteiger partial charge in [0.25, 0.3) is 0 Å². The third-order valence-corrected chi connectivity index (χ3v) is 2.73. The molecule has 0 fully saturated rings. The molecule has 0 aromatic heterocycles. The van der Waals surface area contributed by atoms with Gasteiger partial charge in [-0.1, -0.05) is 42.5 Å². The number of benzene rings is 2. The Kier molecular flexibility index (Phi) is 3.78. The number of hydrogen-bond acceptors (Lipinski definition) is 2. The van der Waals surface area contributed by atoms with Crippen molar-refractivity contribution in [1.82, 2.24) is 0 Å². The predicted molar refractivity (Wildman–Crippen MR) is 66.9 cm³/mol. The molecule has 2 aromatic rings. The second kappa shape index (κ2) is 5.51. The van der Waals surface area contributed by atoms with E-state index in [4.69, 9.17) is 4.74 Å². The Bertz CT molecular complexity index is 465. The lowest BCUT2D eigenvalue weighted by Gasteiger charge is -2.13. The number of ether oxygens (including phenoxy) is 1. The van der Waals surface area contributed by atoms with E-state index in [0.717, 1.165) is 16.9 Å². The molecule has 0 aliphatic rings. The maximum absolute atomic E-state index is 10.1. The fourth-order valence-electron chi connectivity index (χ4n) is 1.81. The highest BCUT2D eigenvalue weighted by Crippen LogP contribution is 2.24. The molecule has 0 amide bonds. The summed E-state index contributed by atoms with van der Waals surface area (Å²) in [6, 6.07) is 18.1. The average molecular weight is 227 g/mol. The summed E-state index contributed by atoms with van der Waals surface area (Å²) >= 11 is 0. The van der Waals surface area contributed by atoms with E-state index in [2.05, 4.69) is 6.07 Å². The van der Waals surface area contributed by atoms with Gasteiger partial charge in [-0.25, -0.2) is 0 Å². The Morgan fingerprint density at radius 1 is 1.24 bits per heavy atom. The van der Waals surface area contributed by atoms with Crippen LogP contribution in [0.15, 0.2) is 48.5 Å². The molecule has 0 aliphatic heterocycles. The van der Waals surface area contributed by atoms with Gasteiger partial charge in [0, 0.05) is 6.42 Å². The standard InChI is InChI=1S/C15H15O2/c1-17-15-10-6-5-9-13(15)11-14(16)12-7-3-2-4-8-12/h2-5,7-10,14,16H,11H2,1H3. The van der Waals surface area contributed by atoms with Crippen molar-refractivity contribution in [3.05, 3.63) is 65.7 Å². The van der Waals surface area contributed by atoms with E-state index in [1.807, 2.05) is 42.5 Å². The highest BCUT2D eigenvalue weighted by molar-refractivity contribution is 5.34. The van der Waals surface area contributed by atoms with Crippen molar-refractivity contribution in [3.8, 4) is 5.75 Å². The average Bonchev–Trinajstić information content (AvgIpc) is 2.40. The van der Waals surface area contributed by atoms with Crippen LogP contribution in [0.2, 0.25) is 0 Å². The zero-order valence-corrected chi connectivity index (χ0v) is 9.76. The minimum atomic E-state index is -0.507.